The molecule has 2 heterocycles. The molecule has 0 radical (unpaired) electrons. The van der Waals surface area contributed by atoms with Gasteiger partial charge in [-0.05, 0) is 29.8 Å². The molecule has 4 rings (SSSR count). The van der Waals surface area contributed by atoms with Crippen molar-refractivity contribution < 1.29 is 4.79 Å². The Morgan fingerprint density at radius 3 is 2.54 bits per heavy atom. The minimum Gasteiger partial charge on any atom is -0.328 e. The smallest absolute Gasteiger partial charge is 0.278 e. The zero-order valence-electron chi connectivity index (χ0n) is 15.0. The molecule has 0 spiro atoms. The van der Waals surface area contributed by atoms with Gasteiger partial charge in [0.25, 0.3) is 11.5 Å². The predicted octanol–water partition coefficient (Wildman–Crippen LogP) is 1.77. The maximum atomic E-state index is 12.5. The highest BCUT2D eigenvalue weighted by molar-refractivity contribution is 5.78. The number of fused-ring (bicyclic) bond motifs is 1. The molecule has 0 aliphatic rings. The van der Waals surface area contributed by atoms with Crippen LogP contribution in [0.15, 0.2) is 88.8 Å². The lowest BCUT2D eigenvalue weighted by atomic mass is 10.2. The first-order chi connectivity index (χ1) is 13.7. The lowest BCUT2D eigenvalue weighted by Gasteiger charge is -2.07. The molecule has 0 unspecified atom stereocenters. The van der Waals surface area contributed by atoms with Crippen LogP contribution < -0.4 is 11.0 Å². The topological polar surface area (TPSA) is 82.1 Å². The quantitative estimate of drug-likeness (QED) is 0.547. The molecule has 0 N–H and O–H groups in total. The Morgan fingerprint density at radius 1 is 0.929 bits per heavy atom. The number of aromatic nitrogens is 4. The predicted molar refractivity (Wildman–Crippen MR) is 104 cm³/mol. The van der Waals surface area contributed by atoms with Crippen LogP contribution in [0.4, 0.5) is 0 Å². The van der Waals surface area contributed by atoms with Crippen LogP contribution >= 0.6 is 0 Å². The summed E-state index contributed by atoms with van der Waals surface area (Å²) in [5, 5.41) is 8.25. The molecule has 0 saturated heterocycles. The Balaban J connectivity index is 1.63. The number of carbonyl (C=O) groups excluding carboxylic acids is 1. The van der Waals surface area contributed by atoms with Gasteiger partial charge in [0, 0.05) is 12.7 Å². The summed E-state index contributed by atoms with van der Waals surface area (Å²) in [5.41, 5.74) is 1.74. The first-order valence-electron chi connectivity index (χ1n) is 8.80. The second-order valence-electron chi connectivity index (χ2n) is 6.25. The average molecular weight is 371 g/mol. The summed E-state index contributed by atoms with van der Waals surface area (Å²) < 4.78 is 2.92. The van der Waals surface area contributed by atoms with E-state index in [1.807, 2.05) is 53.2 Å². The Hall–Kier alpha value is -3.87. The summed E-state index contributed by atoms with van der Waals surface area (Å²) >= 11 is 0. The van der Waals surface area contributed by atoms with Crippen LogP contribution in [0.2, 0.25) is 0 Å². The summed E-state index contributed by atoms with van der Waals surface area (Å²) in [5.74, 6) is -0.473. The number of hydrogen-bond donors (Lipinski definition) is 0. The normalized spacial score (nSPS) is 11.6. The highest BCUT2D eigenvalue weighted by Gasteiger charge is 2.09. The van der Waals surface area contributed by atoms with E-state index in [4.69, 9.17) is 0 Å². The van der Waals surface area contributed by atoms with Crippen LogP contribution in [0.1, 0.15) is 5.56 Å². The fourth-order valence-electron chi connectivity index (χ4n) is 2.90. The van der Waals surface area contributed by atoms with E-state index in [0.29, 0.717) is 22.9 Å². The molecule has 4 aromatic rings. The Morgan fingerprint density at radius 2 is 1.68 bits per heavy atom. The van der Waals surface area contributed by atoms with Gasteiger partial charge in [-0.2, -0.15) is 4.99 Å². The largest absolute Gasteiger partial charge is 0.328 e. The van der Waals surface area contributed by atoms with Crippen LogP contribution in [-0.2, 0) is 17.9 Å². The van der Waals surface area contributed by atoms with E-state index >= 15 is 0 Å². The molecule has 0 saturated carbocycles. The molecule has 0 aliphatic heterocycles. The third kappa shape index (κ3) is 3.78. The Bertz CT molecular complexity index is 1260. The average Bonchev–Trinajstić information content (AvgIpc) is 2.72. The van der Waals surface area contributed by atoms with E-state index < -0.39 is 5.91 Å². The number of rotatable bonds is 4. The maximum Gasteiger partial charge on any atom is 0.278 e. The van der Waals surface area contributed by atoms with Crippen molar-refractivity contribution in [2.45, 2.75) is 13.1 Å². The molecule has 0 aliphatic carbocycles. The summed E-state index contributed by atoms with van der Waals surface area (Å²) in [6.45, 7) is 0.320. The minimum atomic E-state index is -0.473. The number of carbonyl (C=O) groups is 1. The highest BCUT2D eigenvalue weighted by Crippen LogP contribution is 2.03. The van der Waals surface area contributed by atoms with Gasteiger partial charge in [-0.15, -0.1) is 5.10 Å². The number of hydrogen-bond acceptors (Lipinski definition) is 4. The van der Waals surface area contributed by atoms with E-state index in [-0.39, 0.29) is 12.1 Å². The number of amides is 1. The van der Waals surface area contributed by atoms with E-state index in [1.54, 1.807) is 30.3 Å². The van der Waals surface area contributed by atoms with Crippen molar-refractivity contribution in [2.24, 2.45) is 4.99 Å². The molecule has 7 nitrogen and oxygen atoms in total. The zero-order valence-corrected chi connectivity index (χ0v) is 15.0. The molecule has 0 fully saturated rings. The molecule has 28 heavy (non-hydrogen) atoms. The summed E-state index contributed by atoms with van der Waals surface area (Å²) in [6, 6.07) is 22.3. The van der Waals surface area contributed by atoms with E-state index in [1.165, 1.54) is 0 Å². The van der Waals surface area contributed by atoms with Crippen molar-refractivity contribution >= 4 is 16.8 Å². The van der Waals surface area contributed by atoms with Crippen LogP contribution in [0.25, 0.3) is 10.9 Å². The van der Waals surface area contributed by atoms with Gasteiger partial charge in [-0.1, -0.05) is 53.7 Å². The molecule has 2 aromatic carbocycles. The van der Waals surface area contributed by atoms with Crippen molar-refractivity contribution in [3.05, 3.63) is 100 Å². The Labute approximate surface area is 160 Å². The van der Waals surface area contributed by atoms with Gasteiger partial charge in [0.2, 0.25) is 0 Å². The van der Waals surface area contributed by atoms with Crippen LogP contribution in [0.3, 0.4) is 0 Å². The second kappa shape index (κ2) is 7.79. The van der Waals surface area contributed by atoms with E-state index in [0.717, 1.165) is 10.2 Å². The lowest BCUT2D eigenvalue weighted by Crippen LogP contribution is -2.29. The summed E-state index contributed by atoms with van der Waals surface area (Å²) in [7, 11) is 0. The molecular formula is C21H17N5O2. The van der Waals surface area contributed by atoms with Gasteiger partial charge in [0.1, 0.15) is 17.5 Å². The van der Waals surface area contributed by atoms with Crippen molar-refractivity contribution in [1.29, 1.82) is 0 Å². The molecule has 0 bridgehead atoms. The molecule has 7 heteroatoms. The van der Waals surface area contributed by atoms with Gasteiger partial charge in [0.05, 0.1) is 5.39 Å². The van der Waals surface area contributed by atoms with Gasteiger partial charge < -0.3 is 4.57 Å². The fraction of sp³-hybridized carbons (Fsp3) is 0.0952. The number of nitrogens with zero attached hydrogens (tertiary/aromatic N) is 5. The summed E-state index contributed by atoms with van der Waals surface area (Å²) in [6.07, 6.45) is 1.86. The first kappa shape index (κ1) is 17.5. The maximum absolute atomic E-state index is 12.5. The molecule has 2 aromatic heterocycles. The van der Waals surface area contributed by atoms with E-state index in [2.05, 4.69) is 15.3 Å². The SMILES string of the molecule is O=C(Cn1nnc2ccccc2c1=O)N=c1ccccn1Cc1ccccc1. The number of benzene rings is 2. The first-order valence-corrected chi connectivity index (χ1v) is 8.80. The van der Waals surface area contributed by atoms with Crippen molar-refractivity contribution in [2.75, 3.05) is 0 Å². The van der Waals surface area contributed by atoms with Gasteiger partial charge in [-0.25, -0.2) is 4.68 Å². The van der Waals surface area contributed by atoms with Crippen LogP contribution in [0, 0.1) is 0 Å². The third-order valence-electron chi connectivity index (χ3n) is 4.27. The molecule has 1 amide bonds. The molecule has 0 atom stereocenters. The van der Waals surface area contributed by atoms with E-state index in [9.17, 15) is 9.59 Å². The van der Waals surface area contributed by atoms with Crippen molar-refractivity contribution in [3.8, 4) is 0 Å². The van der Waals surface area contributed by atoms with Gasteiger partial charge in [-0.3, -0.25) is 9.59 Å². The van der Waals surface area contributed by atoms with Crippen LogP contribution in [0.5, 0.6) is 0 Å². The molecule has 138 valence electrons. The zero-order chi connectivity index (χ0) is 19.3. The van der Waals surface area contributed by atoms with Crippen molar-refractivity contribution in [3.63, 3.8) is 0 Å². The number of pyridine rings is 1. The van der Waals surface area contributed by atoms with Gasteiger partial charge in [0.15, 0.2) is 0 Å². The standard InChI is InChI=1S/C21H17N5O2/c27-20(15-26-21(28)17-10-4-5-11-18(17)23-24-26)22-19-12-6-7-13-25(19)14-16-8-2-1-3-9-16/h1-13H,14-15H2. The third-order valence-corrected chi connectivity index (χ3v) is 4.27. The monoisotopic (exact) mass is 371 g/mol. The summed E-state index contributed by atoms with van der Waals surface area (Å²) in [4.78, 5) is 29.1. The lowest BCUT2D eigenvalue weighted by molar-refractivity contribution is -0.118. The van der Waals surface area contributed by atoms with Gasteiger partial charge >= 0.3 is 0 Å². The van der Waals surface area contributed by atoms with Crippen LogP contribution in [-0.4, -0.2) is 25.5 Å². The molecular weight excluding hydrogens is 354 g/mol. The minimum absolute atomic E-state index is 0.267. The highest BCUT2D eigenvalue weighted by atomic mass is 16.2. The second-order valence-corrected chi connectivity index (χ2v) is 6.25. The van der Waals surface area contributed by atoms with Crippen molar-refractivity contribution in [1.82, 2.24) is 19.6 Å². The fourth-order valence-corrected chi connectivity index (χ4v) is 2.90. The Kier molecular flexibility index (Phi) is 4.88.